The highest BCUT2D eigenvalue weighted by molar-refractivity contribution is 6.33. The van der Waals surface area contributed by atoms with Crippen molar-refractivity contribution in [3.05, 3.63) is 34.9 Å². The maximum atomic E-state index is 12.5. The van der Waals surface area contributed by atoms with Crippen LogP contribution in [0, 0.1) is 5.92 Å². The standard InChI is InChI=1S/C18H28ClN3O2/c1-5-18(20,6-2)11-21-17(24)15(12(3)4)22-16(23)13-9-7-8-10-14(13)19/h7-10,12,15H,5-6,11,20H2,1-4H3,(H,21,24)(H,22,23). The molecule has 6 heteroatoms. The summed E-state index contributed by atoms with van der Waals surface area (Å²) in [4.78, 5) is 24.9. The molecular weight excluding hydrogens is 326 g/mol. The molecule has 0 fully saturated rings. The summed E-state index contributed by atoms with van der Waals surface area (Å²) in [5.74, 6) is -0.659. The van der Waals surface area contributed by atoms with Gasteiger partial charge in [0.25, 0.3) is 5.91 Å². The molecule has 1 aromatic carbocycles. The molecule has 4 N–H and O–H groups in total. The maximum Gasteiger partial charge on any atom is 0.253 e. The minimum atomic E-state index is -0.647. The molecule has 24 heavy (non-hydrogen) atoms. The van der Waals surface area contributed by atoms with Crippen molar-refractivity contribution in [1.29, 1.82) is 0 Å². The number of amides is 2. The SMILES string of the molecule is CCC(N)(CC)CNC(=O)C(NC(=O)c1ccccc1Cl)C(C)C. The molecule has 0 aliphatic carbocycles. The lowest BCUT2D eigenvalue weighted by molar-refractivity contribution is -0.124. The fraction of sp³-hybridized carbons (Fsp3) is 0.556. The largest absolute Gasteiger partial charge is 0.352 e. The number of carbonyl (C=O) groups is 2. The van der Waals surface area contributed by atoms with Crippen LogP contribution in [0.15, 0.2) is 24.3 Å². The van der Waals surface area contributed by atoms with E-state index < -0.39 is 11.6 Å². The molecule has 0 spiro atoms. The van der Waals surface area contributed by atoms with Crippen molar-refractivity contribution in [1.82, 2.24) is 10.6 Å². The Kier molecular flexibility index (Phi) is 7.70. The third-order valence-electron chi connectivity index (χ3n) is 4.38. The Bertz CT molecular complexity index is 571. The zero-order valence-electron chi connectivity index (χ0n) is 14.9. The van der Waals surface area contributed by atoms with Crippen LogP contribution in [-0.4, -0.2) is 29.9 Å². The van der Waals surface area contributed by atoms with E-state index in [0.717, 1.165) is 12.8 Å². The fourth-order valence-corrected chi connectivity index (χ4v) is 2.49. The van der Waals surface area contributed by atoms with Gasteiger partial charge in [-0.3, -0.25) is 9.59 Å². The maximum absolute atomic E-state index is 12.5. The third kappa shape index (κ3) is 5.49. The molecule has 0 radical (unpaired) electrons. The van der Waals surface area contributed by atoms with Gasteiger partial charge in [-0.25, -0.2) is 0 Å². The van der Waals surface area contributed by atoms with Gasteiger partial charge < -0.3 is 16.4 Å². The summed E-state index contributed by atoms with van der Waals surface area (Å²) in [7, 11) is 0. The Morgan fingerprint density at radius 1 is 1.21 bits per heavy atom. The minimum absolute atomic E-state index is 0.0631. The number of hydrogen-bond acceptors (Lipinski definition) is 3. The summed E-state index contributed by atoms with van der Waals surface area (Å²) in [5, 5.41) is 5.99. The number of nitrogens with two attached hydrogens (primary N) is 1. The topological polar surface area (TPSA) is 84.2 Å². The first kappa shape index (κ1) is 20.5. The average molecular weight is 354 g/mol. The molecule has 134 valence electrons. The van der Waals surface area contributed by atoms with Gasteiger partial charge in [0.15, 0.2) is 0 Å². The highest BCUT2D eigenvalue weighted by Gasteiger charge is 2.28. The molecule has 0 bridgehead atoms. The third-order valence-corrected chi connectivity index (χ3v) is 4.71. The van der Waals surface area contributed by atoms with E-state index in [-0.39, 0.29) is 17.7 Å². The molecule has 1 rings (SSSR count). The lowest BCUT2D eigenvalue weighted by Crippen LogP contribution is -2.55. The molecule has 2 amide bonds. The van der Waals surface area contributed by atoms with Crippen LogP contribution in [0.25, 0.3) is 0 Å². The monoisotopic (exact) mass is 353 g/mol. The number of carbonyl (C=O) groups excluding carboxylic acids is 2. The van der Waals surface area contributed by atoms with E-state index in [1.807, 2.05) is 27.7 Å². The summed E-state index contributed by atoms with van der Waals surface area (Å²) in [5.41, 5.74) is 6.14. The Balaban J connectivity index is 2.78. The van der Waals surface area contributed by atoms with Crippen molar-refractivity contribution < 1.29 is 9.59 Å². The summed E-state index contributed by atoms with van der Waals surface area (Å²) < 4.78 is 0. The smallest absolute Gasteiger partial charge is 0.253 e. The molecule has 0 heterocycles. The van der Waals surface area contributed by atoms with Crippen LogP contribution in [0.1, 0.15) is 50.9 Å². The van der Waals surface area contributed by atoms with E-state index in [0.29, 0.717) is 17.1 Å². The van der Waals surface area contributed by atoms with E-state index >= 15 is 0 Å². The van der Waals surface area contributed by atoms with Gasteiger partial charge in [0, 0.05) is 12.1 Å². The van der Waals surface area contributed by atoms with E-state index in [2.05, 4.69) is 10.6 Å². The van der Waals surface area contributed by atoms with Gasteiger partial charge in [0.1, 0.15) is 6.04 Å². The normalized spacial score (nSPS) is 12.8. The highest BCUT2D eigenvalue weighted by atomic mass is 35.5. The first-order chi connectivity index (χ1) is 11.2. The van der Waals surface area contributed by atoms with Crippen molar-refractivity contribution in [2.75, 3.05) is 6.54 Å². The Hall–Kier alpha value is -1.59. The van der Waals surface area contributed by atoms with E-state index in [1.165, 1.54) is 0 Å². The van der Waals surface area contributed by atoms with Crippen molar-refractivity contribution in [3.63, 3.8) is 0 Å². The van der Waals surface area contributed by atoms with Gasteiger partial charge in [-0.05, 0) is 30.9 Å². The second kappa shape index (κ2) is 9.04. The van der Waals surface area contributed by atoms with Crippen LogP contribution in [0.3, 0.4) is 0 Å². The Morgan fingerprint density at radius 2 is 1.79 bits per heavy atom. The molecule has 0 aliphatic heterocycles. The molecular formula is C18H28ClN3O2. The lowest BCUT2D eigenvalue weighted by Gasteiger charge is -2.29. The highest BCUT2D eigenvalue weighted by Crippen LogP contribution is 2.16. The first-order valence-electron chi connectivity index (χ1n) is 8.36. The first-order valence-corrected chi connectivity index (χ1v) is 8.74. The molecule has 1 aromatic rings. The van der Waals surface area contributed by atoms with Crippen molar-refractivity contribution in [2.45, 2.75) is 52.1 Å². The van der Waals surface area contributed by atoms with Crippen molar-refractivity contribution in [2.24, 2.45) is 11.7 Å². The molecule has 1 unspecified atom stereocenters. The minimum Gasteiger partial charge on any atom is -0.352 e. The van der Waals surface area contributed by atoms with Gasteiger partial charge in [-0.15, -0.1) is 0 Å². The van der Waals surface area contributed by atoms with Crippen LogP contribution in [0.2, 0.25) is 5.02 Å². The number of rotatable bonds is 8. The van der Waals surface area contributed by atoms with Crippen molar-refractivity contribution >= 4 is 23.4 Å². The summed E-state index contributed by atoms with van der Waals surface area (Å²) in [6, 6.07) is 6.11. The van der Waals surface area contributed by atoms with Crippen LogP contribution in [-0.2, 0) is 4.79 Å². The molecule has 1 atom stereocenters. The van der Waals surface area contributed by atoms with Gasteiger partial charge in [-0.2, -0.15) is 0 Å². The predicted octanol–water partition coefficient (Wildman–Crippen LogP) is 2.73. The molecule has 0 aromatic heterocycles. The molecule has 0 saturated heterocycles. The van der Waals surface area contributed by atoms with E-state index in [4.69, 9.17) is 17.3 Å². The zero-order valence-corrected chi connectivity index (χ0v) is 15.6. The molecule has 0 saturated carbocycles. The van der Waals surface area contributed by atoms with Gasteiger partial charge in [0.05, 0.1) is 10.6 Å². The van der Waals surface area contributed by atoms with Crippen LogP contribution in [0.4, 0.5) is 0 Å². The second-order valence-corrected chi connectivity index (χ2v) is 6.87. The van der Waals surface area contributed by atoms with Crippen LogP contribution >= 0.6 is 11.6 Å². The Labute approximate surface area is 149 Å². The fourth-order valence-electron chi connectivity index (χ4n) is 2.27. The second-order valence-electron chi connectivity index (χ2n) is 6.46. The molecule has 0 aliphatic rings. The van der Waals surface area contributed by atoms with Gasteiger partial charge >= 0.3 is 0 Å². The zero-order chi connectivity index (χ0) is 18.3. The Morgan fingerprint density at radius 3 is 2.29 bits per heavy atom. The van der Waals surface area contributed by atoms with Crippen LogP contribution < -0.4 is 16.4 Å². The summed E-state index contributed by atoms with van der Waals surface area (Å²) >= 11 is 6.04. The van der Waals surface area contributed by atoms with Crippen LogP contribution in [0.5, 0.6) is 0 Å². The lowest BCUT2D eigenvalue weighted by atomic mass is 9.94. The number of halogens is 1. The number of nitrogens with one attached hydrogen (secondary N) is 2. The number of benzene rings is 1. The number of hydrogen-bond donors (Lipinski definition) is 3. The van der Waals surface area contributed by atoms with Crippen molar-refractivity contribution in [3.8, 4) is 0 Å². The van der Waals surface area contributed by atoms with E-state index in [9.17, 15) is 9.59 Å². The predicted molar refractivity (Wildman–Crippen MR) is 98.1 cm³/mol. The average Bonchev–Trinajstić information content (AvgIpc) is 2.57. The van der Waals surface area contributed by atoms with Gasteiger partial charge in [-0.1, -0.05) is 51.4 Å². The van der Waals surface area contributed by atoms with Gasteiger partial charge in [0.2, 0.25) is 5.91 Å². The summed E-state index contributed by atoms with van der Waals surface area (Å²) in [6.45, 7) is 8.13. The van der Waals surface area contributed by atoms with E-state index in [1.54, 1.807) is 24.3 Å². The quantitative estimate of drug-likeness (QED) is 0.671. The summed E-state index contributed by atoms with van der Waals surface area (Å²) in [6.07, 6.45) is 1.53. The molecule has 5 nitrogen and oxygen atoms in total.